The normalized spacial score (nSPS) is 13.7. The van der Waals surface area contributed by atoms with Crippen molar-refractivity contribution in [2.75, 3.05) is 20.2 Å². The van der Waals surface area contributed by atoms with Gasteiger partial charge in [0.25, 0.3) is 0 Å². The number of nitrogens with zero attached hydrogens (tertiary/aromatic N) is 1. The maximum Gasteiger partial charge on any atom is 0.231 e. The summed E-state index contributed by atoms with van der Waals surface area (Å²) in [5, 5.41) is 0. The minimum atomic E-state index is -0.559. The van der Waals surface area contributed by atoms with E-state index in [-0.39, 0.29) is 19.1 Å². The zero-order valence-electron chi connectivity index (χ0n) is 12.3. The molecular formula is C14H22N4O3. The molecule has 0 aliphatic heterocycles. The van der Waals surface area contributed by atoms with Crippen LogP contribution in [0.4, 0.5) is 0 Å². The van der Waals surface area contributed by atoms with Crippen molar-refractivity contribution >= 4 is 11.8 Å². The average Bonchev–Trinajstić information content (AvgIpc) is 2.37. The Bertz CT molecular complexity index is 489. The second-order valence-corrected chi connectivity index (χ2v) is 4.88. The molecule has 1 aromatic rings. The number of benzene rings is 1. The Morgan fingerprint density at radius 1 is 1.19 bits per heavy atom. The first kappa shape index (κ1) is 16.9. The summed E-state index contributed by atoms with van der Waals surface area (Å²) >= 11 is 0. The second kappa shape index (κ2) is 7.61. The highest BCUT2D eigenvalue weighted by molar-refractivity contribution is 5.79. The zero-order valence-corrected chi connectivity index (χ0v) is 12.3. The maximum atomic E-state index is 11.3. The van der Waals surface area contributed by atoms with E-state index in [0.29, 0.717) is 5.75 Å². The molecule has 2 unspecified atom stereocenters. The number of nitrogens with two attached hydrogens (primary N) is 3. The van der Waals surface area contributed by atoms with Gasteiger partial charge in [-0.2, -0.15) is 0 Å². The molecule has 0 aliphatic carbocycles. The summed E-state index contributed by atoms with van der Waals surface area (Å²) in [5.74, 6) is -0.493. The minimum Gasteiger partial charge on any atom is -0.496 e. The molecule has 7 nitrogen and oxygen atoms in total. The fourth-order valence-electron chi connectivity index (χ4n) is 2.38. The van der Waals surface area contributed by atoms with Gasteiger partial charge in [-0.05, 0) is 13.0 Å². The van der Waals surface area contributed by atoms with E-state index in [1.807, 2.05) is 18.2 Å². The first-order valence-electron chi connectivity index (χ1n) is 6.56. The van der Waals surface area contributed by atoms with Crippen molar-refractivity contribution in [3.8, 4) is 5.75 Å². The zero-order chi connectivity index (χ0) is 16.0. The van der Waals surface area contributed by atoms with Gasteiger partial charge in [0.1, 0.15) is 5.75 Å². The van der Waals surface area contributed by atoms with Crippen LogP contribution in [0.2, 0.25) is 0 Å². The van der Waals surface area contributed by atoms with Crippen LogP contribution < -0.4 is 21.9 Å². The van der Waals surface area contributed by atoms with Crippen molar-refractivity contribution in [3.63, 3.8) is 0 Å². The van der Waals surface area contributed by atoms with Crippen molar-refractivity contribution in [3.05, 3.63) is 29.8 Å². The molecule has 0 heterocycles. The van der Waals surface area contributed by atoms with Gasteiger partial charge in [0.15, 0.2) is 0 Å². The Labute approximate surface area is 124 Å². The summed E-state index contributed by atoms with van der Waals surface area (Å²) in [7, 11) is 1.55. The highest BCUT2D eigenvalue weighted by Crippen LogP contribution is 2.30. The molecule has 6 N–H and O–H groups in total. The quantitative estimate of drug-likeness (QED) is 0.588. The molecule has 0 saturated carbocycles. The lowest BCUT2D eigenvalue weighted by Crippen LogP contribution is -2.47. The third kappa shape index (κ3) is 4.73. The predicted octanol–water partition coefficient (Wildman–Crippen LogP) is -0.644. The SMILES string of the molecule is COc1ccccc1C(C(C)N)N(CC(N)=O)CC(N)=O. The van der Waals surface area contributed by atoms with Gasteiger partial charge >= 0.3 is 0 Å². The third-order valence-corrected chi connectivity index (χ3v) is 3.07. The first-order valence-corrected chi connectivity index (χ1v) is 6.56. The summed E-state index contributed by atoms with van der Waals surface area (Å²) in [4.78, 5) is 24.1. The van der Waals surface area contributed by atoms with Crippen LogP contribution >= 0.6 is 0 Å². The van der Waals surface area contributed by atoms with E-state index >= 15 is 0 Å². The number of rotatable bonds is 8. The second-order valence-electron chi connectivity index (χ2n) is 4.88. The van der Waals surface area contributed by atoms with Crippen LogP contribution in [0.5, 0.6) is 5.75 Å². The minimum absolute atomic E-state index is 0.118. The number of amides is 2. The van der Waals surface area contributed by atoms with Crippen LogP contribution in [0.1, 0.15) is 18.5 Å². The number of carbonyl (C=O) groups is 2. The van der Waals surface area contributed by atoms with Gasteiger partial charge in [-0.25, -0.2) is 0 Å². The molecule has 2 atom stereocenters. The molecule has 0 fully saturated rings. The van der Waals surface area contributed by atoms with Gasteiger partial charge in [-0.1, -0.05) is 18.2 Å². The van der Waals surface area contributed by atoms with Gasteiger partial charge in [0, 0.05) is 11.6 Å². The fourth-order valence-corrected chi connectivity index (χ4v) is 2.38. The Hall–Kier alpha value is -2.12. The standard InChI is InChI=1S/C14H22N4O3/c1-9(15)14(10-5-3-4-6-11(10)21-2)18(7-12(16)19)8-13(17)20/h3-6,9,14H,7-8,15H2,1-2H3,(H2,16,19)(H2,17,20). The molecule has 0 radical (unpaired) electrons. The van der Waals surface area contributed by atoms with Crippen molar-refractivity contribution < 1.29 is 14.3 Å². The summed E-state index contributed by atoms with van der Waals surface area (Å²) < 4.78 is 5.32. The van der Waals surface area contributed by atoms with Gasteiger partial charge in [0.2, 0.25) is 11.8 Å². The van der Waals surface area contributed by atoms with E-state index in [9.17, 15) is 9.59 Å². The molecule has 0 saturated heterocycles. The van der Waals surface area contributed by atoms with E-state index < -0.39 is 17.9 Å². The van der Waals surface area contributed by atoms with Gasteiger partial charge in [0.05, 0.1) is 26.2 Å². The van der Waals surface area contributed by atoms with Gasteiger partial charge < -0.3 is 21.9 Å². The number of primary amides is 2. The van der Waals surface area contributed by atoms with Crippen molar-refractivity contribution in [2.45, 2.75) is 19.0 Å². The predicted molar refractivity (Wildman–Crippen MR) is 79.3 cm³/mol. The molecule has 0 bridgehead atoms. The van der Waals surface area contributed by atoms with E-state index in [0.717, 1.165) is 5.56 Å². The smallest absolute Gasteiger partial charge is 0.231 e. The number of hydrogen-bond donors (Lipinski definition) is 3. The number of para-hydroxylation sites is 1. The lowest BCUT2D eigenvalue weighted by atomic mass is 9.98. The van der Waals surface area contributed by atoms with Gasteiger partial charge in [-0.3, -0.25) is 14.5 Å². The molecule has 1 rings (SSSR count). The lowest BCUT2D eigenvalue weighted by molar-refractivity contribution is -0.123. The van der Waals surface area contributed by atoms with Crippen molar-refractivity contribution in [1.29, 1.82) is 0 Å². The fraction of sp³-hybridized carbons (Fsp3) is 0.429. The third-order valence-electron chi connectivity index (χ3n) is 3.07. The first-order chi connectivity index (χ1) is 9.86. The molecule has 116 valence electrons. The van der Waals surface area contributed by atoms with Crippen molar-refractivity contribution in [2.24, 2.45) is 17.2 Å². The molecule has 2 amide bonds. The van der Waals surface area contributed by atoms with Crippen LogP contribution in [0.15, 0.2) is 24.3 Å². The molecule has 0 aliphatic rings. The average molecular weight is 294 g/mol. The monoisotopic (exact) mass is 294 g/mol. The van der Waals surface area contributed by atoms with Crippen LogP contribution in [-0.2, 0) is 9.59 Å². The number of ether oxygens (including phenoxy) is 1. The number of carbonyl (C=O) groups excluding carboxylic acids is 2. The number of methoxy groups -OCH3 is 1. The van der Waals surface area contributed by atoms with Crippen LogP contribution in [0, 0.1) is 0 Å². The Balaban J connectivity index is 3.23. The molecule has 1 aromatic carbocycles. The molecule has 0 aromatic heterocycles. The lowest BCUT2D eigenvalue weighted by Gasteiger charge is -2.33. The van der Waals surface area contributed by atoms with E-state index in [4.69, 9.17) is 21.9 Å². The van der Waals surface area contributed by atoms with Crippen LogP contribution in [0.3, 0.4) is 0 Å². The highest BCUT2D eigenvalue weighted by Gasteiger charge is 2.28. The highest BCUT2D eigenvalue weighted by atomic mass is 16.5. The molecule has 21 heavy (non-hydrogen) atoms. The van der Waals surface area contributed by atoms with E-state index in [2.05, 4.69) is 0 Å². The Kier molecular flexibility index (Phi) is 6.13. The summed E-state index contributed by atoms with van der Waals surface area (Å²) in [6.07, 6.45) is 0. The Morgan fingerprint density at radius 3 is 2.14 bits per heavy atom. The molecular weight excluding hydrogens is 272 g/mol. The summed E-state index contributed by atoms with van der Waals surface area (Å²) in [6, 6.07) is 6.51. The van der Waals surface area contributed by atoms with Gasteiger partial charge in [-0.15, -0.1) is 0 Å². The van der Waals surface area contributed by atoms with E-state index in [1.54, 1.807) is 25.0 Å². The Morgan fingerprint density at radius 2 is 1.71 bits per heavy atom. The molecule has 7 heteroatoms. The summed E-state index contributed by atoms with van der Waals surface area (Å²) in [5.41, 5.74) is 17.3. The van der Waals surface area contributed by atoms with Crippen LogP contribution in [0.25, 0.3) is 0 Å². The topological polar surface area (TPSA) is 125 Å². The maximum absolute atomic E-state index is 11.3. The van der Waals surface area contributed by atoms with Crippen LogP contribution in [-0.4, -0.2) is 43.0 Å². The van der Waals surface area contributed by atoms with Crippen molar-refractivity contribution in [1.82, 2.24) is 4.90 Å². The number of hydrogen-bond acceptors (Lipinski definition) is 5. The molecule has 0 spiro atoms. The van der Waals surface area contributed by atoms with E-state index in [1.165, 1.54) is 0 Å². The summed E-state index contributed by atoms with van der Waals surface area (Å²) in [6.45, 7) is 1.55. The largest absolute Gasteiger partial charge is 0.496 e.